The largest absolute Gasteiger partial charge is 0.338 e. The minimum atomic E-state index is -0.527. The summed E-state index contributed by atoms with van der Waals surface area (Å²) in [5.74, 6) is 0.0769. The van der Waals surface area contributed by atoms with Crippen molar-refractivity contribution < 1.29 is 9.59 Å². The van der Waals surface area contributed by atoms with E-state index in [0.29, 0.717) is 32.7 Å². The lowest BCUT2D eigenvalue weighted by Crippen LogP contribution is -2.55. The van der Waals surface area contributed by atoms with Crippen LogP contribution in [0.3, 0.4) is 0 Å². The van der Waals surface area contributed by atoms with Crippen LogP contribution in [0, 0.1) is 0 Å². The second-order valence-corrected chi connectivity index (χ2v) is 6.57. The van der Waals surface area contributed by atoms with Crippen molar-refractivity contribution in [1.82, 2.24) is 15.1 Å². The molecule has 0 saturated carbocycles. The van der Waals surface area contributed by atoms with E-state index in [1.54, 1.807) is 9.80 Å². The summed E-state index contributed by atoms with van der Waals surface area (Å²) >= 11 is 3.36. The standard InChI is InChI=1S/C11H20BrN3O2/c1-4-13-10(17)15-7-5-14(6-8-15)9(16)11(2,3)12/h4-8H2,1-3H3,(H,13,17). The molecule has 1 aliphatic heterocycles. The second-order valence-electron chi connectivity index (χ2n) is 4.59. The molecular formula is C11H20BrN3O2. The Morgan fingerprint density at radius 3 is 2.06 bits per heavy atom. The van der Waals surface area contributed by atoms with Gasteiger partial charge in [0.25, 0.3) is 0 Å². The van der Waals surface area contributed by atoms with E-state index in [9.17, 15) is 9.59 Å². The minimum absolute atomic E-state index is 0.0438. The maximum atomic E-state index is 12.0. The SMILES string of the molecule is CCNC(=O)N1CCN(C(=O)C(C)(C)Br)CC1. The van der Waals surface area contributed by atoms with Crippen molar-refractivity contribution in [1.29, 1.82) is 0 Å². The van der Waals surface area contributed by atoms with E-state index in [0.717, 1.165) is 0 Å². The zero-order valence-corrected chi connectivity index (χ0v) is 12.2. The van der Waals surface area contributed by atoms with Gasteiger partial charge in [0.05, 0.1) is 4.32 Å². The Bertz CT molecular complexity index is 294. The Labute approximate surface area is 111 Å². The molecule has 0 aromatic rings. The van der Waals surface area contributed by atoms with Gasteiger partial charge in [-0.05, 0) is 20.8 Å². The molecule has 1 rings (SSSR count). The number of hydrogen-bond acceptors (Lipinski definition) is 2. The van der Waals surface area contributed by atoms with Crippen molar-refractivity contribution in [3.63, 3.8) is 0 Å². The smallest absolute Gasteiger partial charge is 0.317 e. The summed E-state index contributed by atoms with van der Waals surface area (Å²) in [4.78, 5) is 27.1. The lowest BCUT2D eigenvalue weighted by molar-refractivity contribution is -0.134. The summed E-state index contributed by atoms with van der Waals surface area (Å²) in [5.41, 5.74) is 0. The number of piperazine rings is 1. The molecule has 6 heteroatoms. The number of nitrogens with one attached hydrogen (secondary N) is 1. The van der Waals surface area contributed by atoms with Crippen molar-refractivity contribution in [2.45, 2.75) is 25.1 Å². The van der Waals surface area contributed by atoms with Gasteiger partial charge in [0.2, 0.25) is 5.91 Å². The van der Waals surface area contributed by atoms with Gasteiger partial charge in [-0.25, -0.2) is 4.79 Å². The summed E-state index contributed by atoms with van der Waals surface area (Å²) in [6, 6.07) is -0.0438. The minimum Gasteiger partial charge on any atom is -0.338 e. The predicted molar refractivity (Wildman–Crippen MR) is 70.2 cm³/mol. The van der Waals surface area contributed by atoms with Gasteiger partial charge in [0, 0.05) is 32.7 Å². The van der Waals surface area contributed by atoms with Crippen LogP contribution in [0.25, 0.3) is 0 Å². The van der Waals surface area contributed by atoms with E-state index in [-0.39, 0.29) is 11.9 Å². The first kappa shape index (κ1) is 14.3. The van der Waals surface area contributed by atoms with Crippen molar-refractivity contribution in [3.8, 4) is 0 Å². The normalized spacial score (nSPS) is 16.9. The van der Waals surface area contributed by atoms with Crippen LogP contribution in [0.2, 0.25) is 0 Å². The third-order valence-electron chi connectivity index (χ3n) is 2.69. The first-order chi connectivity index (χ1) is 7.86. The Balaban J connectivity index is 2.46. The number of carbonyl (C=O) groups is 2. The molecule has 0 aromatic heterocycles. The monoisotopic (exact) mass is 305 g/mol. The van der Waals surface area contributed by atoms with Crippen molar-refractivity contribution in [2.24, 2.45) is 0 Å². The number of urea groups is 1. The molecule has 1 N–H and O–H groups in total. The number of hydrogen-bond donors (Lipinski definition) is 1. The number of alkyl halides is 1. The van der Waals surface area contributed by atoms with Gasteiger partial charge in [-0.3, -0.25) is 4.79 Å². The molecule has 1 aliphatic rings. The van der Waals surface area contributed by atoms with Crippen LogP contribution in [-0.4, -0.2) is 58.8 Å². The highest BCUT2D eigenvalue weighted by atomic mass is 79.9. The zero-order valence-electron chi connectivity index (χ0n) is 10.6. The summed E-state index contributed by atoms with van der Waals surface area (Å²) in [5, 5.41) is 2.76. The van der Waals surface area contributed by atoms with Crippen LogP contribution in [0.1, 0.15) is 20.8 Å². The molecule has 0 aromatic carbocycles. The van der Waals surface area contributed by atoms with E-state index >= 15 is 0 Å². The van der Waals surface area contributed by atoms with Crippen LogP contribution < -0.4 is 5.32 Å². The fourth-order valence-corrected chi connectivity index (χ4v) is 2.00. The first-order valence-electron chi connectivity index (χ1n) is 5.87. The molecule has 1 fully saturated rings. The van der Waals surface area contributed by atoms with Gasteiger partial charge in [-0.1, -0.05) is 15.9 Å². The summed E-state index contributed by atoms with van der Waals surface area (Å²) in [6.07, 6.45) is 0. The molecule has 0 bridgehead atoms. The molecule has 98 valence electrons. The Kier molecular flexibility index (Phi) is 4.80. The fraction of sp³-hybridized carbons (Fsp3) is 0.818. The van der Waals surface area contributed by atoms with Crippen molar-refractivity contribution in [2.75, 3.05) is 32.7 Å². The van der Waals surface area contributed by atoms with Crippen LogP contribution in [0.5, 0.6) is 0 Å². The maximum absolute atomic E-state index is 12.0. The van der Waals surface area contributed by atoms with Crippen molar-refractivity contribution in [3.05, 3.63) is 0 Å². The van der Waals surface area contributed by atoms with Gasteiger partial charge in [0.15, 0.2) is 0 Å². The molecule has 1 heterocycles. The summed E-state index contributed by atoms with van der Waals surface area (Å²) < 4.78 is -0.527. The van der Waals surface area contributed by atoms with Crippen LogP contribution in [0.4, 0.5) is 4.79 Å². The molecule has 5 nitrogen and oxygen atoms in total. The number of halogens is 1. The predicted octanol–water partition coefficient (Wildman–Crippen LogP) is 1.03. The summed E-state index contributed by atoms with van der Waals surface area (Å²) in [6.45, 7) is 8.60. The topological polar surface area (TPSA) is 52.7 Å². The summed E-state index contributed by atoms with van der Waals surface area (Å²) in [7, 11) is 0. The number of rotatable bonds is 2. The molecule has 3 amide bonds. The number of nitrogens with zero attached hydrogens (tertiary/aromatic N) is 2. The van der Waals surface area contributed by atoms with Gasteiger partial charge >= 0.3 is 6.03 Å². The van der Waals surface area contributed by atoms with Gasteiger partial charge in [-0.2, -0.15) is 0 Å². The highest BCUT2D eigenvalue weighted by Gasteiger charge is 2.31. The molecule has 0 aliphatic carbocycles. The van der Waals surface area contributed by atoms with Gasteiger partial charge in [-0.15, -0.1) is 0 Å². The number of carbonyl (C=O) groups excluding carboxylic acids is 2. The third kappa shape index (κ3) is 3.87. The average molecular weight is 306 g/mol. The van der Waals surface area contributed by atoms with Crippen LogP contribution >= 0.6 is 15.9 Å². The van der Waals surface area contributed by atoms with Gasteiger partial charge < -0.3 is 15.1 Å². The lowest BCUT2D eigenvalue weighted by Gasteiger charge is -2.37. The number of amides is 3. The molecule has 0 radical (unpaired) electrons. The average Bonchev–Trinajstić information content (AvgIpc) is 2.27. The molecule has 0 atom stereocenters. The quantitative estimate of drug-likeness (QED) is 0.775. The highest BCUT2D eigenvalue weighted by molar-refractivity contribution is 9.10. The van der Waals surface area contributed by atoms with Gasteiger partial charge in [0.1, 0.15) is 0 Å². The lowest BCUT2D eigenvalue weighted by atomic mass is 10.1. The molecule has 0 spiro atoms. The molecular weight excluding hydrogens is 286 g/mol. The maximum Gasteiger partial charge on any atom is 0.317 e. The Hall–Kier alpha value is -0.780. The zero-order chi connectivity index (χ0) is 13.1. The fourth-order valence-electron chi connectivity index (χ4n) is 1.75. The third-order valence-corrected chi connectivity index (χ3v) is 3.03. The van der Waals surface area contributed by atoms with E-state index in [1.165, 1.54) is 0 Å². The van der Waals surface area contributed by atoms with E-state index in [4.69, 9.17) is 0 Å². The van der Waals surface area contributed by atoms with Crippen LogP contribution in [-0.2, 0) is 4.79 Å². The molecule has 0 unspecified atom stereocenters. The van der Waals surface area contributed by atoms with Crippen molar-refractivity contribution >= 4 is 27.9 Å². The Morgan fingerprint density at radius 1 is 1.18 bits per heavy atom. The van der Waals surface area contributed by atoms with E-state index < -0.39 is 4.32 Å². The van der Waals surface area contributed by atoms with E-state index in [2.05, 4.69) is 21.2 Å². The second kappa shape index (κ2) is 5.71. The highest BCUT2D eigenvalue weighted by Crippen LogP contribution is 2.20. The Morgan fingerprint density at radius 2 is 1.65 bits per heavy atom. The van der Waals surface area contributed by atoms with Crippen LogP contribution in [0.15, 0.2) is 0 Å². The van der Waals surface area contributed by atoms with E-state index in [1.807, 2.05) is 20.8 Å². The molecule has 17 heavy (non-hydrogen) atoms. The first-order valence-corrected chi connectivity index (χ1v) is 6.66. The molecule has 1 saturated heterocycles.